The van der Waals surface area contributed by atoms with Crippen LogP contribution in [-0.2, 0) is 42.9 Å². The summed E-state index contributed by atoms with van der Waals surface area (Å²) in [6.07, 6.45) is -0.315. The van der Waals surface area contributed by atoms with Crippen molar-refractivity contribution in [2.75, 3.05) is 7.11 Å². The van der Waals surface area contributed by atoms with Gasteiger partial charge in [-0.3, -0.25) is 19.2 Å². The molecule has 3 saturated heterocycles. The number of hydrogen-bond acceptors (Lipinski definition) is 12. The summed E-state index contributed by atoms with van der Waals surface area (Å²) in [7, 11) is 1.23. The number of ether oxygens (including phenoxy) is 5. The maximum absolute atomic E-state index is 13.8. The van der Waals surface area contributed by atoms with Crippen LogP contribution in [0.5, 0.6) is 0 Å². The predicted molar refractivity (Wildman–Crippen MR) is 148 cm³/mol. The highest BCUT2D eigenvalue weighted by Crippen LogP contribution is 2.82. The first-order valence-corrected chi connectivity index (χ1v) is 15.2. The normalized spacial score (nSPS) is 46.5. The second-order valence-corrected chi connectivity index (χ2v) is 14.7. The molecule has 0 aromatic carbocycles. The van der Waals surface area contributed by atoms with Crippen molar-refractivity contribution in [3.05, 3.63) is 24.2 Å². The smallest absolute Gasteiger partial charge is 0.310 e. The second-order valence-electron chi connectivity index (χ2n) is 14.7. The van der Waals surface area contributed by atoms with E-state index in [2.05, 4.69) is 0 Å². The summed E-state index contributed by atoms with van der Waals surface area (Å²) in [5.74, 6) is -8.52. The standard InChI is InChI=1S/C32H42O12/c1-15(2)23(35)43-26-30-18(9-11-28(6)19(30)13-20(34)42-22(28)17-10-12-40-14-17)29(7)21(24(36)39-8)27(4,5)25(41-16(3)33)31(26,37)32(29,38)44-30/h10,12,14-15,18-19,21-22,25-26,37-38H,9,11,13H2,1-8H3/t18-,19-,21+,22+,25+,26+,28-,29-,30-,31+,32-/m1/s1. The number of furan rings is 1. The van der Waals surface area contributed by atoms with Gasteiger partial charge in [-0.05, 0) is 18.9 Å². The highest BCUT2D eigenvalue weighted by molar-refractivity contribution is 5.78. The molecule has 4 heterocycles. The third kappa shape index (κ3) is 3.34. The minimum Gasteiger partial charge on any atom is -0.472 e. The lowest BCUT2D eigenvalue weighted by Gasteiger charge is -2.69. The summed E-state index contributed by atoms with van der Waals surface area (Å²) in [6.45, 7) is 11.4. The number of carbonyl (C=O) groups is 4. The van der Waals surface area contributed by atoms with Crippen molar-refractivity contribution in [1.29, 1.82) is 0 Å². The fraction of sp³-hybridized carbons (Fsp3) is 0.750. The zero-order valence-corrected chi connectivity index (χ0v) is 26.4. The van der Waals surface area contributed by atoms with Crippen LogP contribution in [0.1, 0.15) is 79.4 Å². The van der Waals surface area contributed by atoms with Gasteiger partial charge in [0, 0.05) is 40.6 Å². The first kappa shape index (κ1) is 31.0. The number of fused-ring (bicyclic) bond motifs is 2. The number of hydrogen-bond donors (Lipinski definition) is 2. The highest BCUT2D eigenvalue weighted by atomic mass is 16.7. The Morgan fingerprint density at radius 3 is 2.30 bits per heavy atom. The summed E-state index contributed by atoms with van der Waals surface area (Å²) in [5, 5.41) is 26.0. The molecule has 0 amide bonds. The van der Waals surface area contributed by atoms with E-state index in [1.165, 1.54) is 19.6 Å². The first-order chi connectivity index (χ1) is 20.4. The van der Waals surface area contributed by atoms with Gasteiger partial charge < -0.3 is 38.3 Å². The van der Waals surface area contributed by atoms with Gasteiger partial charge in [0.1, 0.15) is 17.8 Å². The lowest BCUT2D eigenvalue weighted by Crippen LogP contribution is -2.85. The van der Waals surface area contributed by atoms with Gasteiger partial charge in [-0.1, -0.05) is 41.5 Å². The maximum atomic E-state index is 13.8. The van der Waals surface area contributed by atoms with Crippen LogP contribution >= 0.6 is 0 Å². The molecule has 1 spiro atoms. The average molecular weight is 619 g/mol. The summed E-state index contributed by atoms with van der Waals surface area (Å²) in [5.41, 5.74) is -7.35. The van der Waals surface area contributed by atoms with Crippen molar-refractivity contribution in [2.45, 2.75) is 103 Å². The lowest BCUT2D eigenvalue weighted by molar-refractivity contribution is -0.382. The summed E-state index contributed by atoms with van der Waals surface area (Å²) >= 11 is 0. The predicted octanol–water partition coefficient (Wildman–Crippen LogP) is 2.84. The average Bonchev–Trinajstić information content (AvgIpc) is 3.58. The van der Waals surface area contributed by atoms with Crippen LogP contribution in [0.4, 0.5) is 0 Å². The molecule has 5 aliphatic rings. The van der Waals surface area contributed by atoms with Crippen LogP contribution in [0.15, 0.2) is 23.0 Å². The fourth-order valence-corrected chi connectivity index (χ4v) is 10.4. The van der Waals surface area contributed by atoms with Crippen LogP contribution < -0.4 is 0 Å². The molecular weight excluding hydrogens is 576 g/mol. The zero-order valence-electron chi connectivity index (χ0n) is 26.4. The molecular formula is C32H42O12. The van der Waals surface area contributed by atoms with E-state index in [9.17, 15) is 29.4 Å². The molecule has 2 saturated carbocycles. The molecule has 6 rings (SSSR count). The Morgan fingerprint density at radius 1 is 1.05 bits per heavy atom. The van der Waals surface area contributed by atoms with E-state index in [4.69, 9.17) is 28.1 Å². The minimum atomic E-state index is -2.57. The SMILES string of the molecule is COC(=O)[C@H]1C(C)(C)[C@H](OC(C)=O)[C@]2(O)[C@@H](OC(=O)C(C)C)[C@@]34O[C@]2(O)[C@]1(C)[C@H]3CC[C@]1(C)[C@H]4CC(=O)O[C@H]1c1ccoc1. The molecule has 2 aliphatic carbocycles. The van der Waals surface area contributed by atoms with Crippen LogP contribution in [0.25, 0.3) is 0 Å². The first-order valence-electron chi connectivity index (χ1n) is 15.2. The Labute approximate surface area is 255 Å². The molecule has 44 heavy (non-hydrogen) atoms. The number of esters is 4. The van der Waals surface area contributed by atoms with E-state index < -0.39 is 99.1 Å². The van der Waals surface area contributed by atoms with E-state index in [1.807, 2.05) is 6.92 Å². The van der Waals surface area contributed by atoms with Crippen molar-refractivity contribution < 1.29 is 57.5 Å². The highest BCUT2D eigenvalue weighted by Gasteiger charge is 2.97. The minimum absolute atomic E-state index is 0.177. The number of aliphatic hydroxyl groups is 2. The third-order valence-corrected chi connectivity index (χ3v) is 11.9. The van der Waals surface area contributed by atoms with E-state index in [1.54, 1.807) is 40.7 Å². The molecule has 2 N–H and O–H groups in total. The number of carbonyl (C=O) groups excluding carboxylic acids is 4. The van der Waals surface area contributed by atoms with Gasteiger partial charge in [-0.2, -0.15) is 0 Å². The van der Waals surface area contributed by atoms with Gasteiger partial charge >= 0.3 is 23.9 Å². The van der Waals surface area contributed by atoms with Gasteiger partial charge in [-0.15, -0.1) is 0 Å². The van der Waals surface area contributed by atoms with Crippen molar-refractivity contribution in [3.63, 3.8) is 0 Å². The van der Waals surface area contributed by atoms with Crippen molar-refractivity contribution >= 4 is 23.9 Å². The summed E-state index contributed by atoms with van der Waals surface area (Å²) in [6, 6.07) is 1.71. The monoisotopic (exact) mass is 618 g/mol. The fourth-order valence-electron chi connectivity index (χ4n) is 10.4. The molecule has 12 nitrogen and oxygen atoms in total. The Morgan fingerprint density at radius 2 is 1.73 bits per heavy atom. The molecule has 0 radical (unpaired) electrons. The number of methoxy groups -OCH3 is 1. The molecule has 0 unspecified atom stereocenters. The summed E-state index contributed by atoms with van der Waals surface area (Å²) < 4.78 is 35.4. The van der Waals surface area contributed by atoms with Crippen LogP contribution in [0.3, 0.4) is 0 Å². The Kier molecular flexibility index (Phi) is 6.56. The number of rotatable bonds is 5. The van der Waals surface area contributed by atoms with E-state index in [0.29, 0.717) is 18.4 Å². The molecule has 242 valence electrons. The Bertz CT molecular complexity index is 1400. The van der Waals surface area contributed by atoms with Gasteiger partial charge in [0.2, 0.25) is 5.79 Å². The Balaban J connectivity index is 1.66. The largest absolute Gasteiger partial charge is 0.472 e. The van der Waals surface area contributed by atoms with E-state index in [-0.39, 0.29) is 6.42 Å². The third-order valence-electron chi connectivity index (χ3n) is 11.9. The number of cyclic esters (lactones) is 1. The molecule has 1 aromatic heterocycles. The van der Waals surface area contributed by atoms with Crippen LogP contribution in [0.2, 0.25) is 0 Å². The lowest BCUT2D eigenvalue weighted by atomic mass is 9.35. The van der Waals surface area contributed by atoms with Gasteiger partial charge in [0.25, 0.3) is 0 Å². The molecule has 2 bridgehead atoms. The van der Waals surface area contributed by atoms with Gasteiger partial charge in [-0.25, -0.2) is 0 Å². The van der Waals surface area contributed by atoms with Crippen LogP contribution in [0, 0.1) is 39.9 Å². The van der Waals surface area contributed by atoms with Gasteiger partial charge in [0.15, 0.2) is 11.7 Å². The zero-order chi connectivity index (χ0) is 32.4. The van der Waals surface area contributed by atoms with E-state index in [0.717, 1.165) is 6.92 Å². The summed E-state index contributed by atoms with van der Waals surface area (Å²) in [4.78, 5) is 53.2. The molecule has 11 atom stereocenters. The second kappa shape index (κ2) is 9.29. The van der Waals surface area contributed by atoms with E-state index >= 15 is 0 Å². The van der Waals surface area contributed by atoms with Crippen molar-refractivity contribution in [3.8, 4) is 0 Å². The molecule has 5 fully saturated rings. The Hall–Kier alpha value is -2.96. The van der Waals surface area contributed by atoms with Crippen LogP contribution in [-0.4, -0.2) is 70.4 Å². The molecule has 1 aromatic rings. The van der Waals surface area contributed by atoms with Crippen molar-refractivity contribution in [1.82, 2.24) is 0 Å². The quantitative estimate of drug-likeness (QED) is 0.366. The topological polar surface area (TPSA) is 168 Å². The molecule has 3 aliphatic heterocycles. The molecule has 12 heteroatoms. The van der Waals surface area contributed by atoms with Crippen molar-refractivity contribution in [2.24, 2.45) is 39.9 Å². The van der Waals surface area contributed by atoms with Gasteiger partial charge in [0.05, 0.1) is 37.9 Å². The maximum Gasteiger partial charge on any atom is 0.310 e.